The highest BCUT2D eigenvalue weighted by Gasteiger charge is 2.15. The van der Waals surface area contributed by atoms with E-state index in [4.69, 9.17) is 5.73 Å². The van der Waals surface area contributed by atoms with Gasteiger partial charge >= 0.3 is 0 Å². The number of hydrogen-bond acceptors (Lipinski definition) is 4. The first kappa shape index (κ1) is 15.5. The maximum atomic E-state index is 12.0. The van der Waals surface area contributed by atoms with Crippen LogP contribution in [0.1, 0.15) is 5.56 Å². The van der Waals surface area contributed by atoms with Crippen LogP contribution in [0.4, 0.5) is 11.4 Å². The Hall–Kier alpha value is -1.89. The van der Waals surface area contributed by atoms with Crippen LogP contribution in [0, 0.1) is 0 Å². The van der Waals surface area contributed by atoms with Crippen LogP contribution in [0.25, 0.3) is 0 Å². The van der Waals surface area contributed by atoms with E-state index in [0.29, 0.717) is 12.2 Å². The maximum absolute atomic E-state index is 12.0. The van der Waals surface area contributed by atoms with E-state index >= 15 is 0 Å². The van der Waals surface area contributed by atoms with Crippen molar-refractivity contribution in [3.8, 4) is 0 Å². The molecule has 0 amide bonds. The second-order valence-electron chi connectivity index (χ2n) is 4.56. The molecule has 0 unspecified atom stereocenters. The van der Waals surface area contributed by atoms with Gasteiger partial charge in [0.25, 0.3) is 0 Å². The number of sulfonamides is 1. The highest BCUT2D eigenvalue weighted by molar-refractivity contribution is 7.89. The lowest BCUT2D eigenvalue weighted by Gasteiger charge is -2.12. The number of nitrogens with one attached hydrogen (secondary N) is 2. The van der Waals surface area contributed by atoms with Gasteiger partial charge in [0.05, 0.1) is 5.69 Å². The van der Waals surface area contributed by atoms with Crippen molar-refractivity contribution in [2.75, 3.05) is 18.9 Å². The summed E-state index contributed by atoms with van der Waals surface area (Å²) in [5.41, 5.74) is 8.04. The van der Waals surface area contributed by atoms with Crippen molar-refractivity contribution >= 4 is 21.4 Å². The Balaban J connectivity index is 2.28. The molecule has 6 heteroatoms. The van der Waals surface area contributed by atoms with Gasteiger partial charge in [0.15, 0.2) is 0 Å². The first-order chi connectivity index (χ1) is 10.1. The van der Waals surface area contributed by atoms with E-state index in [9.17, 15) is 8.42 Å². The van der Waals surface area contributed by atoms with Gasteiger partial charge in [0.1, 0.15) is 4.90 Å². The van der Waals surface area contributed by atoms with E-state index in [1.54, 1.807) is 24.3 Å². The van der Waals surface area contributed by atoms with Gasteiger partial charge in [-0.05, 0) is 49.8 Å². The van der Waals surface area contributed by atoms with Crippen molar-refractivity contribution in [2.24, 2.45) is 5.73 Å². The van der Waals surface area contributed by atoms with Gasteiger partial charge in [-0.1, -0.05) is 24.3 Å². The average molecular weight is 305 g/mol. The van der Waals surface area contributed by atoms with Crippen molar-refractivity contribution < 1.29 is 8.42 Å². The minimum absolute atomic E-state index is 0.221. The summed E-state index contributed by atoms with van der Waals surface area (Å²) in [6.07, 6.45) is 0.824. The Morgan fingerprint density at radius 3 is 2.33 bits per heavy atom. The van der Waals surface area contributed by atoms with Gasteiger partial charge in [-0.2, -0.15) is 0 Å². The quantitative estimate of drug-likeness (QED) is 0.760. The molecule has 0 aliphatic rings. The predicted molar refractivity (Wildman–Crippen MR) is 85.2 cm³/mol. The van der Waals surface area contributed by atoms with Gasteiger partial charge in [0.2, 0.25) is 10.0 Å². The predicted octanol–water partition coefficient (Wildman–Crippen LogP) is 1.84. The molecule has 0 aliphatic carbocycles. The Bertz CT molecular complexity index is 697. The number of rotatable bonds is 6. The van der Waals surface area contributed by atoms with Crippen molar-refractivity contribution in [1.29, 1.82) is 0 Å². The molecule has 2 aromatic carbocycles. The highest BCUT2D eigenvalue weighted by Crippen LogP contribution is 2.24. The van der Waals surface area contributed by atoms with Gasteiger partial charge in [-0.15, -0.1) is 0 Å². The molecule has 0 radical (unpaired) electrons. The summed E-state index contributed by atoms with van der Waals surface area (Å²) in [6, 6.07) is 14.6. The largest absolute Gasteiger partial charge is 0.354 e. The van der Waals surface area contributed by atoms with E-state index in [-0.39, 0.29) is 4.90 Å². The third-order valence-electron chi connectivity index (χ3n) is 3.11. The van der Waals surface area contributed by atoms with Crippen LogP contribution in [0.15, 0.2) is 53.4 Å². The fourth-order valence-corrected chi connectivity index (χ4v) is 2.88. The molecule has 0 bridgehead atoms. The zero-order chi connectivity index (χ0) is 15.3. The van der Waals surface area contributed by atoms with Crippen molar-refractivity contribution in [3.63, 3.8) is 0 Å². The number of hydrogen-bond donors (Lipinski definition) is 3. The van der Waals surface area contributed by atoms with Crippen LogP contribution in [0.3, 0.4) is 0 Å². The smallest absolute Gasteiger partial charge is 0.242 e. The van der Waals surface area contributed by atoms with Crippen molar-refractivity contribution in [3.05, 3.63) is 54.1 Å². The standard InChI is InChI=1S/C15H19N3O2S/c1-17-21(19,20)15-5-3-2-4-14(15)18-13-8-6-12(7-9-13)10-11-16/h2-9,17-18H,10-11,16H2,1H3. The molecule has 0 aromatic heterocycles. The Morgan fingerprint density at radius 2 is 1.71 bits per heavy atom. The SMILES string of the molecule is CNS(=O)(=O)c1ccccc1Nc1ccc(CCN)cc1. The lowest BCUT2D eigenvalue weighted by molar-refractivity contribution is 0.588. The van der Waals surface area contributed by atoms with Crippen molar-refractivity contribution in [1.82, 2.24) is 4.72 Å². The van der Waals surface area contributed by atoms with Gasteiger partial charge in [-0.25, -0.2) is 13.1 Å². The second-order valence-corrected chi connectivity index (χ2v) is 6.42. The first-order valence-electron chi connectivity index (χ1n) is 6.65. The van der Waals surface area contributed by atoms with E-state index in [0.717, 1.165) is 17.7 Å². The highest BCUT2D eigenvalue weighted by atomic mass is 32.2. The summed E-state index contributed by atoms with van der Waals surface area (Å²) in [4.78, 5) is 0.221. The molecule has 2 aromatic rings. The van der Waals surface area contributed by atoms with Crippen LogP contribution in [-0.4, -0.2) is 22.0 Å². The summed E-state index contributed by atoms with van der Waals surface area (Å²) in [5.74, 6) is 0. The van der Waals surface area contributed by atoms with E-state index in [1.807, 2.05) is 24.3 Å². The number of nitrogens with two attached hydrogens (primary N) is 1. The number of benzene rings is 2. The molecule has 0 spiro atoms. The normalized spacial score (nSPS) is 11.3. The summed E-state index contributed by atoms with van der Waals surface area (Å²) >= 11 is 0. The third-order valence-corrected chi connectivity index (χ3v) is 4.58. The van der Waals surface area contributed by atoms with Crippen LogP contribution in [-0.2, 0) is 16.4 Å². The summed E-state index contributed by atoms with van der Waals surface area (Å²) in [6.45, 7) is 0.607. The molecule has 0 fully saturated rings. The van der Waals surface area contributed by atoms with E-state index in [2.05, 4.69) is 10.0 Å². The van der Waals surface area contributed by atoms with E-state index < -0.39 is 10.0 Å². The molecular formula is C15H19N3O2S. The number of anilines is 2. The summed E-state index contributed by atoms with van der Waals surface area (Å²) in [7, 11) is -2.10. The van der Waals surface area contributed by atoms with Crippen LogP contribution in [0.5, 0.6) is 0 Å². The van der Waals surface area contributed by atoms with Crippen LogP contribution in [0.2, 0.25) is 0 Å². The van der Waals surface area contributed by atoms with Gasteiger partial charge in [-0.3, -0.25) is 0 Å². The molecule has 5 nitrogen and oxygen atoms in total. The molecule has 112 valence electrons. The molecule has 2 rings (SSSR count). The van der Waals surface area contributed by atoms with E-state index in [1.165, 1.54) is 7.05 Å². The topological polar surface area (TPSA) is 84.2 Å². The second kappa shape index (κ2) is 6.71. The fraction of sp³-hybridized carbons (Fsp3) is 0.200. The number of para-hydroxylation sites is 1. The lowest BCUT2D eigenvalue weighted by Crippen LogP contribution is -2.19. The lowest BCUT2D eigenvalue weighted by atomic mass is 10.1. The monoisotopic (exact) mass is 305 g/mol. The first-order valence-corrected chi connectivity index (χ1v) is 8.14. The molecule has 0 heterocycles. The Kier molecular flexibility index (Phi) is 4.95. The minimum Gasteiger partial charge on any atom is -0.354 e. The Labute approximate surface area is 125 Å². The molecule has 0 saturated carbocycles. The average Bonchev–Trinajstić information content (AvgIpc) is 2.50. The minimum atomic E-state index is -3.49. The third kappa shape index (κ3) is 3.81. The molecular weight excluding hydrogens is 286 g/mol. The van der Waals surface area contributed by atoms with Crippen molar-refractivity contribution in [2.45, 2.75) is 11.3 Å². The maximum Gasteiger partial charge on any atom is 0.242 e. The van der Waals surface area contributed by atoms with Gasteiger partial charge in [0, 0.05) is 5.69 Å². The summed E-state index contributed by atoms with van der Waals surface area (Å²) < 4.78 is 26.3. The molecule has 0 aliphatic heterocycles. The molecule has 0 atom stereocenters. The zero-order valence-electron chi connectivity index (χ0n) is 11.8. The Morgan fingerprint density at radius 1 is 1.05 bits per heavy atom. The zero-order valence-corrected chi connectivity index (χ0v) is 12.7. The molecule has 0 saturated heterocycles. The summed E-state index contributed by atoms with van der Waals surface area (Å²) in [5, 5.41) is 3.13. The van der Waals surface area contributed by atoms with Crippen LogP contribution < -0.4 is 15.8 Å². The van der Waals surface area contributed by atoms with Gasteiger partial charge < -0.3 is 11.1 Å². The van der Waals surface area contributed by atoms with Crippen LogP contribution >= 0.6 is 0 Å². The fourth-order valence-electron chi connectivity index (χ4n) is 1.99. The molecule has 21 heavy (non-hydrogen) atoms. The molecule has 4 N–H and O–H groups in total.